The maximum Gasteiger partial charge on any atom is 0.249 e. The maximum atomic E-state index is 13.5. The Labute approximate surface area is 140 Å². The number of halogens is 2. The van der Waals surface area contributed by atoms with Crippen LogP contribution in [0.2, 0.25) is 5.02 Å². The third-order valence-corrected chi connectivity index (χ3v) is 4.60. The van der Waals surface area contributed by atoms with Gasteiger partial charge in [0, 0.05) is 12.2 Å². The van der Waals surface area contributed by atoms with Crippen molar-refractivity contribution >= 4 is 29.1 Å². The van der Waals surface area contributed by atoms with Gasteiger partial charge in [0.15, 0.2) is 0 Å². The first-order valence-corrected chi connectivity index (χ1v) is 8.05. The average molecular weight is 342 g/mol. The first-order valence-electron chi connectivity index (χ1n) is 7.67. The Morgan fingerprint density at radius 1 is 1.57 bits per heavy atom. The molecule has 0 bridgehead atoms. The highest BCUT2D eigenvalue weighted by Gasteiger charge is 2.35. The van der Waals surface area contributed by atoms with Crippen LogP contribution in [0.5, 0.6) is 0 Å². The minimum absolute atomic E-state index is 0.00442. The van der Waals surface area contributed by atoms with E-state index in [0.29, 0.717) is 18.7 Å². The lowest BCUT2D eigenvalue weighted by Crippen LogP contribution is -2.50. The van der Waals surface area contributed by atoms with Gasteiger partial charge in [-0.15, -0.1) is 0 Å². The van der Waals surface area contributed by atoms with Crippen LogP contribution in [0.15, 0.2) is 18.2 Å². The molecule has 1 aromatic rings. The largest absolute Gasteiger partial charge is 0.343 e. The van der Waals surface area contributed by atoms with E-state index < -0.39 is 17.9 Å². The minimum atomic E-state index is -0.644. The summed E-state index contributed by atoms with van der Waals surface area (Å²) >= 11 is 5.65. The topological polar surface area (TPSA) is 75.4 Å². The van der Waals surface area contributed by atoms with Crippen LogP contribution in [0.1, 0.15) is 26.7 Å². The summed E-state index contributed by atoms with van der Waals surface area (Å²) in [5.41, 5.74) is 6.31. The average Bonchev–Trinajstić information content (AvgIpc) is 2.89. The SMILES string of the molecule is CCC(C)C(N)C(=O)NC1CCN(c2ccc(Cl)c(F)c2)C1=O. The first kappa shape index (κ1) is 17.7. The Hall–Kier alpha value is -1.66. The van der Waals surface area contributed by atoms with Crippen molar-refractivity contribution in [2.75, 3.05) is 11.4 Å². The van der Waals surface area contributed by atoms with Crippen molar-refractivity contribution in [2.24, 2.45) is 11.7 Å². The van der Waals surface area contributed by atoms with Crippen molar-refractivity contribution < 1.29 is 14.0 Å². The summed E-state index contributed by atoms with van der Waals surface area (Å²) in [7, 11) is 0. The zero-order chi connectivity index (χ0) is 17.1. The summed E-state index contributed by atoms with van der Waals surface area (Å²) in [4.78, 5) is 26.0. The molecule has 1 aliphatic heterocycles. The molecule has 1 fully saturated rings. The van der Waals surface area contributed by atoms with Crippen molar-refractivity contribution in [3.8, 4) is 0 Å². The molecule has 1 aliphatic rings. The van der Waals surface area contributed by atoms with Crippen LogP contribution in [-0.4, -0.2) is 30.4 Å². The lowest BCUT2D eigenvalue weighted by Gasteiger charge is -2.21. The van der Waals surface area contributed by atoms with E-state index in [1.165, 1.54) is 17.0 Å². The van der Waals surface area contributed by atoms with Gasteiger partial charge in [-0.2, -0.15) is 0 Å². The Kier molecular flexibility index (Phi) is 5.59. The molecule has 23 heavy (non-hydrogen) atoms. The summed E-state index contributed by atoms with van der Waals surface area (Å²) in [6.45, 7) is 4.25. The molecule has 3 N–H and O–H groups in total. The molecule has 3 unspecified atom stereocenters. The smallest absolute Gasteiger partial charge is 0.249 e. The Bertz CT molecular complexity index is 611. The van der Waals surface area contributed by atoms with Gasteiger partial charge >= 0.3 is 0 Å². The molecule has 1 aromatic carbocycles. The Morgan fingerprint density at radius 3 is 2.87 bits per heavy atom. The van der Waals surface area contributed by atoms with Gasteiger partial charge in [0.1, 0.15) is 11.9 Å². The molecule has 0 spiro atoms. The van der Waals surface area contributed by atoms with E-state index in [1.807, 2.05) is 13.8 Å². The molecule has 126 valence electrons. The molecule has 5 nitrogen and oxygen atoms in total. The molecule has 2 amide bonds. The van der Waals surface area contributed by atoms with Gasteiger partial charge in [0.2, 0.25) is 11.8 Å². The molecule has 2 rings (SSSR count). The summed E-state index contributed by atoms with van der Waals surface area (Å²) in [5, 5.41) is 2.70. The van der Waals surface area contributed by atoms with E-state index in [1.54, 1.807) is 6.07 Å². The van der Waals surface area contributed by atoms with Crippen LogP contribution < -0.4 is 16.0 Å². The van der Waals surface area contributed by atoms with Crippen LogP contribution in [-0.2, 0) is 9.59 Å². The molecule has 7 heteroatoms. The second-order valence-electron chi connectivity index (χ2n) is 5.85. The summed E-state index contributed by atoms with van der Waals surface area (Å²) in [5.74, 6) is -1.14. The van der Waals surface area contributed by atoms with Gasteiger partial charge in [0.05, 0.1) is 11.1 Å². The number of hydrogen-bond donors (Lipinski definition) is 2. The standard InChI is InChI=1S/C16H21ClFN3O2/c1-3-9(2)14(19)15(22)20-13-6-7-21(16(13)23)10-4-5-11(17)12(18)8-10/h4-5,8-9,13-14H,3,6-7,19H2,1-2H3,(H,20,22). The zero-order valence-electron chi connectivity index (χ0n) is 13.2. The van der Waals surface area contributed by atoms with Crippen molar-refractivity contribution in [1.29, 1.82) is 0 Å². The number of carbonyl (C=O) groups is 2. The normalized spacial score (nSPS) is 20.5. The molecule has 0 saturated carbocycles. The summed E-state index contributed by atoms with van der Waals surface area (Å²) < 4.78 is 13.5. The maximum absolute atomic E-state index is 13.5. The van der Waals surface area contributed by atoms with Crippen molar-refractivity contribution in [1.82, 2.24) is 5.32 Å². The molecular weight excluding hydrogens is 321 g/mol. The number of nitrogens with zero attached hydrogens (tertiary/aromatic N) is 1. The predicted octanol–water partition coefficient (Wildman–Crippen LogP) is 2.07. The lowest BCUT2D eigenvalue weighted by atomic mass is 9.99. The molecule has 1 heterocycles. The highest BCUT2D eigenvalue weighted by molar-refractivity contribution is 6.30. The summed E-state index contributed by atoms with van der Waals surface area (Å²) in [6, 6.07) is 2.93. The van der Waals surface area contributed by atoms with E-state index in [2.05, 4.69) is 5.32 Å². The molecule has 0 aliphatic carbocycles. The van der Waals surface area contributed by atoms with Gasteiger partial charge in [-0.3, -0.25) is 9.59 Å². The molecule has 3 atom stereocenters. The van der Waals surface area contributed by atoms with Gasteiger partial charge in [-0.05, 0) is 30.5 Å². The van der Waals surface area contributed by atoms with Crippen molar-refractivity contribution in [2.45, 2.75) is 38.8 Å². The monoisotopic (exact) mass is 341 g/mol. The quantitative estimate of drug-likeness (QED) is 0.861. The first-order chi connectivity index (χ1) is 10.8. The molecule has 0 aromatic heterocycles. The second-order valence-corrected chi connectivity index (χ2v) is 6.26. The minimum Gasteiger partial charge on any atom is -0.343 e. The Morgan fingerprint density at radius 2 is 2.26 bits per heavy atom. The number of amides is 2. The van der Waals surface area contributed by atoms with E-state index in [-0.39, 0.29) is 22.8 Å². The van der Waals surface area contributed by atoms with Crippen LogP contribution in [0, 0.1) is 11.7 Å². The van der Waals surface area contributed by atoms with Crippen LogP contribution in [0.4, 0.5) is 10.1 Å². The Balaban J connectivity index is 2.04. The summed E-state index contributed by atoms with van der Waals surface area (Å²) in [6.07, 6.45) is 1.24. The highest BCUT2D eigenvalue weighted by Crippen LogP contribution is 2.25. The number of nitrogens with two attached hydrogens (primary N) is 1. The fourth-order valence-corrected chi connectivity index (χ4v) is 2.62. The molecular formula is C16H21ClFN3O2. The number of rotatable bonds is 5. The van der Waals surface area contributed by atoms with Gasteiger partial charge in [-0.1, -0.05) is 31.9 Å². The van der Waals surface area contributed by atoms with Gasteiger partial charge in [0.25, 0.3) is 0 Å². The van der Waals surface area contributed by atoms with Crippen LogP contribution >= 0.6 is 11.6 Å². The van der Waals surface area contributed by atoms with E-state index in [0.717, 1.165) is 6.42 Å². The van der Waals surface area contributed by atoms with Crippen LogP contribution in [0.25, 0.3) is 0 Å². The fourth-order valence-electron chi connectivity index (χ4n) is 2.50. The molecule has 0 radical (unpaired) electrons. The number of anilines is 1. The fraction of sp³-hybridized carbons (Fsp3) is 0.500. The number of nitrogens with one attached hydrogen (secondary N) is 1. The van der Waals surface area contributed by atoms with Gasteiger partial charge in [-0.25, -0.2) is 4.39 Å². The zero-order valence-corrected chi connectivity index (χ0v) is 13.9. The van der Waals surface area contributed by atoms with E-state index in [4.69, 9.17) is 17.3 Å². The predicted molar refractivity (Wildman–Crippen MR) is 87.7 cm³/mol. The van der Waals surface area contributed by atoms with Crippen molar-refractivity contribution in [3.63, 3.8) is 0 Å². The van der Waals surface area contributed by atoms with Crippen molar-refractivity contribution in [3.05, 3.63) is 29.0 Å². The lowest BCUT2D eigenvalue weighted by molar-refractivity contribution is -0.128. The third-order valence-electron chi connectivity index (χ3n) is 4.30. The van der Waals surface area contributed by atoms with Crippen LogP contribution in [0.3, 0.4) is 0 Å². The number of benzene rings is 1. The number of hydrogen-bond acceptors (Lipinski definition) is 3. The van der Waals surface area contributed by atoms with Gasteiger partial charge < -0.3 is 16.0 Å². The third kappa shape index (κ3) is 3.82. The second kappa shape index (κ2) is 7.27. The highest BCUT2D eigenvalue weighted by atomic mass is 35.5. The van der Waals surface area contributed by atoms with E-state index in [9.17, 15) is 14.0 Å². The number of carbonyl (C=O) groups excluding carboxylic acids is 2. The molecule has 1 saturated heterocycles. The van der Waals surface area contributed by atoms with E-state index >= 15 is 0 Å².